The first-order valence-electron chi connectivity index (χ1n) is 5.81. The first kappa shape index (κ1) is 15.5. The molecule has 0 aliphatic rings. The topological polar surface area (TPSA) is 66.1 Å². The van der Waals surface area contributed by atoms with Crippen LogP contribution in [-0.4, -0.2) is 48.0 Å². The summed E-state index contributed by atoms with van der Waals surface area (Å²) in [5.74, 6) is 0.949. The minimum atomic E-state index is -3.46. The first-order chi connectivity index (χ1) is 8.32. The van der Waals surface area contributed by atoms with Crippen LogP contribution in [0.3, 0.4) is 0 Å². The Bertz CT molecular complexity index is 477. The van der Waals surface area contributed by atoms with Crippen LogP contribution in [0.5, 0.6) is 0 Å². The van der Waals surface area contributed by atoms with E-state index in [1.807, 2.05) is 13.2 Å². The fraction of sp³-hybridized carbons (Fsp3) is 0.727. The van der Waals surface area contributed by atoms with E-state index < -0.39 is 10.0 Å². The Morgan fingerprint density at radius 2 is 2.06 bits per heavy atom. The highest BCUT2D eigenvalue weighted by Crippen LogP contribution is 2.23. The van der Waals surface area contributed by atoms with E-state index in [4.69, 9.17) is 0 Å². The van der Waals surface area contributed by atoms with E-state index in [-0.39, 0.29) is 6.04 Å². The zero-order valence-corrected chi connectivity index (χ0v) is 13.2. The van der Waals surface area contributed by atoms with E-state index in [2.05, 4.69) is 10.2 Å². The second kappa shape index (κ2) is 6.08. The van der Waals surface area contributed by atoms with Crippen molar-refractivity contribution in [1.29, 1.82) is 0 Å². The van der Waals surface area contributed by atoms with E-state index >= 15 is 0 Å². The molecule has 0 saturated carbocycles. The maximum atomic E-state index is 12.5. The Labute approximate surface area is 113 Å². The van der Waals surface area contributed by atoms with Gasteiger partial charge >= 0.3 is 0 Å². The summed E-state index contributed by atoms with van der Waals surface area (Å²) < 4.78 is 26.4. The Kier molecular flexibility index (Phi) is 5.24. The standard InChI is InChI=1S/C11H21N3O2S2/c1-8(6-7-17-5)14(4)18(15,16)11-9(2)12-13-10(11)3/h8H,6-7H2,1-5H3,(H,12,13). The highest BCUT2D eigenvalue weighted by Gasteiger charge is 2.29. The Hall–Kier alpha value is -0.530. The summed E-state index contributed by atoms with van der Waals surface area (Å²) in [6, 6.07) is -0.0175. The van der Waals surface area contributed by atoms with E-state index in [9.17, 15) is 8.42 Å². The maximum absolute atomic E-state index is 12.5. The second-order valence-electron chi connectivity index (χ2n) is 4.41. The predicted octanol–water partition coefficient (Wildman–Crippen LogP) is 1.79. The molecule has 0 radical (unpaired) electrons. The van der Waals surface area contributed by atoms with E-state index in [1.165, 1.54) is 4.31 Å². The number of nitrogens with zero attached hydrogens (tertiary/aromatic N) is 2. The molecule has 1 rings (SSSR count). The highest BCUT2D eigenvalue weighted by molar-refractivity contribution is 7.98. The first-order valence-corrected chi connectivity index (χ1v) is 8.64. The van der Waals surface area contributed by atoms with Crippen LogP contribution in [0.4, 0.5) is 0 Å². The van der Waals surface area contributed by atoms with Crippen molar-refractivity contribution in [3.8, 4) is 0 Å². The van der Waals surface area contributed by atoms with Gasteiger partial charge in [0.2, 0.25) is 10.0 Å². The number of sulfonamides is 1. The lowest BCUT2D eigenvalue weighted by Gasteiger charge is -2.24. The molecule has 0 amide bonds. The van der Waals surface area contributed by atoms with Crippen molar-refractivity contribution < 1.29 is 8.42 Å². The monoisotopic (exact) mass is 291 g/mol. The Morgan fingerprint density at radius 3 is 2.50 bits per heavy atom. The minimum Gasteiger partial charge on any atom is -0.281 e. The van der Waals surface area contributed by atoms with Crippen LogP contribution in [-0.2, 0) is 10.0 Å². The molecule has 0 bridgehead atoms. The Morgan fingerprint density at radius 1 is 1.44 bits per heavy atom. The second-order valence-corrected chi connectivity index (χ2v) is 7.33. The van der Waals surface area contributed by atoms with Crippen molar-refractivity contribution in [3.05, 3.63) is 11.4 Å². The normalized spacial score (nSPS) is 14.1. The molecule has 1 atom stereocenters. The quantitative estimate of drug-likeness (QED) is 0.868. The molecule has 0 aliphatic heterocycles. The van der Waals surface area contributed by atoms with Gasteiger partial charge in [-0.25, -0.2) is 8.42 Å². The van der Waals surface area contributed by atoms with E-state index in [0.717, 1.165) is 12.2 Å². The molecule has 0 aliphatic carbocycles. The summed E-state index contributed by atoms with van der Waals surface area (Å²) in [4.78, 5) is 0.306. The molecule has 7 heteroatoms. The smallest absolute Gasteiger partial charge is 0.246 e. The summed E-state index contributed by atoms with van der Waals surface area (Å²) in [5, 5.41) is 6.67. The lowest BCUT2D eigenvalue weighted by molar-refractivity contribution is 0.382. The third kappa shape index (κ3) is 3.07. The number of aryl methyl sites for hydroxylation is 2. The molecule has 1 unspecified atom stereocenters. The molecule has 18 heavy (non-hydrogen) atoms. The zero-order valence-electron chi connectivity index (χ0n) is 11.5. The molecule has 0 spiro atoms. The van der Waals surface area contributed by atoms with Gasteiger partial charge in [0.1, 0.15) is 4.90 Å². The number of aromatic nitrogens is 2. The largest absolute Gasteiger partial charge is 0.281 e. The summed E-state index contributed by atoms with van der Waals surface area (Å²) >= 11 is 1.72. The van der Waals surface area contributed by atoms with Gasteiger partial charge in [-0.2, -0.15) is 21.2 Å². The van der Waals surface area contributed by atoms with Gasteiger partial charge in [-0.3, -0.25) is 5.10 Å². The molecule has 0 saturated heterocycles. The van der Waals surface area contributed by atoms with Gasteiger partial charge in [0.25, 0.3) is 0 Å². The van der Waals surface area contributed by atoms with Crippen molar-refractivity contribution in [2.24, 2.45) is 0 Å². The molecule has 1 N–H and O–H groups in total. The molecule has 1 aromatic heterocycles. The van der Waals surface area contributed by atoms with E-state index in [1.54, 1.807) is 32.7 Å². The zero-order chi connectivity index (χ0) is 13.9. The SMILES string of the molecule is CSCCC(C)N(C)S(=O)(=O)c1c(C)n[nH]c1C. The average molecular weight is 291 g/mol. The number of nitrogens with one attached hydrogen (secondary N) is 1. The Balaban J connectivity index is 3.00. The number of hydrogen-bond acceptors (Lipinski definition) is 4. The van der Waals surface area contributed by atoms with Crippen LogP contribution in [0, 0.1) is 13.8 Å². The summed E-state index contributed by atoms with van der Waals surface area (Å²) in [7, 11) is -1.83. The average Bonchev–Trinajstić information content (AvgIpc) is 2.65. The van der Waals surface area contributed by atoms with Crippen LogP contribution in [0.1, 0.15) is 24.7 Å². The van der Waals surface area contributed by atoms with Gasteiger partial charge in [0.15, 0.2) is 0 Å². The third-order valence-corrected chi connectivity index (χ3v) is 5.94. The van der Waals surface area contributed by atoms with Crippen molar-refractivity contribution in [1.82, 2.24) is 14.5 Å². The number of rotatable bonds is 6. The predicted molar refractivity (Wildman–Crippen MR) is 75.5 cm³/mol. The van der Waals surface area contributed by atoms with Crippen molar-refractivity contribution >= 4 is 21.8 Å². The van der Waals surface area contributed by atoms with Gasteiger partial charge in [-0.1, -0.05) is 0 Å². The molecule has 5 nitrogen and oxygen atoms in total. The number of thioether (sulfide) groups is 1. The lowest BCUT2D eigenvalue weighted by Crippen LogP contribution is -2.35. The fourth-order valence-corrected chi connectivity index (χ4v) is 4.07. The summed E-state index contributed by atoms with van der Waals surface area (Å²) in [5.41, 5.74) is 1.12. The van der Waals surface area contributed by atoms with Crippen molar-refractivity contribution in [3.63, 3.8) is 0 Å². The van der Waals surface area contributed by atoms with Crippen molar-refractivity contribution in [2.75, 3.05) is 19.1 Å². The van der Waals surface area contributed by atoms with Gasteiger partial charge < -0.3 is 0 Å². The number of H-pyrrole nitrogens is 1. The highest BCUT2D eigenvalue weighted by atomic mass is 32.2. The van der Waals surface area contributed by atoms with Crippen LogP contribution in [0.2, 0.25) is 0 Å². The molecular formula is C11H21N3O2S2. The molecule has 0 aromatic carbocycles. The van der Waals surface area contributed by atoms with E-state index in [0.29, 0.717) is 16.3 Å². The number of hydrogen-bond donors (Lipinski definition) is 1. The van der Waals surface area contributed by atoms with Crippen LogP contribution in [0.15, 0.2) is 4.90 Å². The van der Waals surface area contributed by atoms with Gasteiger partial charge in [0, 0.05) is 13.1 Å². The lowest BCUT2D eigenvalue weighted by atomic mass is 10.3. The molecule has 1 heterocycles. The summed E-state index contributed by atoms with van der Waals surface area (Å²) in [6.07, 6.45) is 2.86. The van der Waals surface area contributed by atoms with Crippen LogP contribution in [0.25, 0.3) is 0 Å². The van der Waals surface area contributed by atoms with Crippen LogP contribution >= 0.6 is 11.8 Å². The molecular weight excluding hydrogens is 270 g/mol. The van der Waals surface area contributed by atoms with Gasteiger partial charge in [-0.15, -0.1) is 0 Å². The van der Waals surface area contributed by atoms with Gasteiger partial charge in [0.05, 0.1) is 11.4 Å². The maximum Gasteiger partial charge on any atom is 0.246 e. The van der Waals surface area contributed by atoms with Gasteiger partial charge in [-0.05, 0) is 39.2 Å². The molecule has 1 aromatic rings. The number of aromatic amines is 1. The van der Waals surface area contributed by atoms with Crippen molar-refractivity contribution in [2.45, 2.75) is 38.1 Å². The van der Waals surface area contributed by atoms with Crippen LogP contribution < -0.4 is 0 Å². The fourth-order valence-electron chi connectivity index (χ4n) is 1.77. The molecule has 0 fully saturated rings. The minimum absolute atomic E-state index is 0.0175. The summed E-state index contributed by atoms with van der Waals surface area (Å²) in [6.45, 7) is 5.36. The molecule has 104 valence electrons. The third-order valence-electron chi connectivity index (χ3n) is 3.06.